The van der Waals surface area contributed by atoms with Crippen LogP contribution in [0.4, 0.5) is 0 Å². The first-order valence-electron chi connectivity index (χ1n) is 9.81. The molecule has 0 radical (unpaired) electrons. The number of piperidine rings is 1. The van der Waals surface area contributed by atoms with Gasteiger partial charge in [0, 0.05) is 29.6 Å². The fourth-order valence-corrected chi connectivity index (χ4v) is 5.33. The second kappa shape index (κ2) is 6.87. The molecule has 1 aliphatic carbocycles. The molecule has 2 aliphatic rings. The number of para-hydroxylation sites is 1. The Bertz CT molecular complexity index is 1070. The molecule has 0 bridgehead atoms. The van der Waals surface area contributed by atoms with E-state index in [0.717, 1.165) is 43.3 Å². The topological polar surface area (TPSA) is 65.2 Å². The molecule has 2 aromatic heterocycles. The largest absolute Gasteiger partial charge is 0.331 e. The fraction of sp³-hybridized carbons (Fsp3) is 0.364. The molecule has 1 aromatic carbocycles. The van der Waals surface area contributed by atoms with E-state index in [1.807, 2.05) is 34.5 Å². The summed E-state index contributed by atoms with van der Waals surface area (Å²) in [4.78, 5) is 30.8. The van der Waals surface area contributed by atoms with E-state index in [1.165, 1.54) is 6.07 Å². The third kappa shape index (κ3) is 3.06. The van der Waals surface area contributed by atoms with Crippen LogP contribution in [0.3, 0.4) is 0 Å². The van der Waals surface area contributed by atoms with Gasteiger partial charge >= 0.3 is 0 Å². The van der Waals surface area contributed by atoms with Crippen LogP contribution in [-0.2, 0) is 6.54 Å². The number of hydrogen-bond acceptors (Lipinski definition) is 4. The number of pyridine rings is 1. The lowest BCUT2D eigenvalue weighted by atomic mass is 9.93. The minimum absolute atomic E-state index is 0.0334. The molecule has 1 saturated carbocycles. The van der Waals surface area contributed by atoms with Crippen molar-refractivity contribution in [2.24, 2.45) is 5.41 Å². The van der Waals surface area contributed by atoms with E-state index in [2.05, 4.69) is 21.7 Å². The van der Waals surface area contributed by atoms with Gasteiger partial charge in [0.05, 0.1) is 5.56 Å². The predicted molar refractivity (Wildman–Crippen MR) is 112 cm³/mol. The molecule has 5 nitrogen and oxygen atoms in total. The van der Waals surface area contributed by atoms with Gasteiger partial charge in [-0.2, -0.15) is 11.3 Å². The molecule has 3 heterocycles. The zero-order valence-electron chi connectivity index (χ0n) is 15.6. The minimum Gasteiger partial charge on any atom is -0.331 e. The zero-order chi connectivity index (χ0) is 19.1. The number of carbonyl (C=O) groups excluding carboxylic acids is 1. The molecular formula is C22H23N3O2S. The summed E-state index contributed by atoms with van der Waals surface area (Å²) in [6, 6.07) is 11.3. The molecule has 1 atom stereocenters. The Kier molecular flexibility index (Phi) is 4.33. The van der Waals surface area contributed by atoms with Crippen LogP contribution in [-0.4, -0.2) is 34.9 Å². The molecule has 2 N–H and O–H groups in total. The maximum Gasteiger partial charge on any atom is 0.255 e. The number of amides is 1. The third-order valence-corrected chi connectivity index (χ3v) is 7.03. The summed E-state index contributed by atoms with van der Waals surface area (Å²) in [7, 11) is 0. The maximum absolute atomic E-state index is 13.7. The van der Waals surface area contributed by atoms with Crippen molar-refractivity contribution in [3.8, 4) is 0 Å². The molecule has 2 fully saturated rings. The maximum atomic E-state index is 13.7. The number of thiophene rings is 1. The Morgan fingerprint density at radius 1 is 1.21 bits per heavy atom. The average molecular weight is 394 g/mol. The van der Waals surface area contributed by atoms with E-state index in [0.29, 0.717) is 17.6 Å². The van der Waals surface area contributed by atoms with Gasteiger partial charge < -0.3 is 15.2 Å². The first-order valence-corrected chi connectivity index (χ1v) is 10.8. The van der Waals surface area contributed by atoms with Crippen LogP contribution in [0.25, 0.3) is 10.9 Å². The highest BCUT2D eigenvalue weighted by molar-refractivity contribution is 7.07. The summed E-state index contributed by atoms with van der Waals surface area (Å²) < 4.78 is 0. The van der Waals surface area contributed by atoms with Crippen molar-refractivity contribution in [2.45, 2.75) is 31.8 Å². The Hall–Kier alpha value is -2.44. The van der Waals surface area contributed by atoms with Crippen LogP contribution in [0.2, 0.25) is 0 Å². The van der Waals surface area contributed by atoms with E-state index >= 15 is 0 Å². The number of fused-ring (bicyclic) bond motifs is 1. The van der Waals surface area contributed by atoms with E-state index in [1.54, 1.807) is 11.3 Å². The van der Waals surface area contributed by atoms with Crippen LogP contribution < -0.4 is 10.9 Å². The number of aromatic amines is 1. The van der Waals surface area contributed by atoms with Crippen molar-refractivity contribution in [3.05, 3.63) is 68.6 Å². The summed E-state index contributed by atoms with van der Waals surface area (Å²) in [5, 5.41) is 8.39. The van der Waals surface area contributed by atoms with Gasteiger partial charge in [-0.25, -0.2) is 0 Å². The molecule has 144 valence electrons. The number of carbonyl (C=O) groups is 1. The first-order chi connectivity index (χ1) is 13.7. The molecule has 1 spiro atoms. The smallest absolute Gasteiger partial charge is 0.255 e. The van der Waals surface area contributed by atoms with E-state index in [-0.39, 0.29) is 22.9 Å². The number of benzene rings is 1. The van der Waals surface area contributed by atoms with Gasteiger partial charge in [-0.05, 0) is 66.2 Å². The summed E-state index contributed by atoms with van der Waals surface area (Å²) in [6.07, 6.45) is 3.29. The SMILES string of the molecule is O=C(c1cc(=O)[nH]c2ccccc12)N(Cc1ccsc1)C1CC12CCNCC2. The fourth-order valence-electron chi connectivity index (χ4n) is 4.67. The molecule has 3 aromatic rings. The lowest BCUT2D eigenvalue weighted by Crippen LogP contribution is -2.39. The molecule has 6 heteroatoms. The standard InChI is InChI=1S/C22H23N3O2S/c26-20-11-17(16-3-1-2-4-18(16)24-20)21(27)25(13-15-5-10-28-14-15)19-12-22(19)6-8-23-9-7-22/h1-5,10-11,14,19,23H,6-9,12-13H2,(H,24,26). The summed E-state index contributed by atoms with van der Waals surface area (Å²) in [6.45, 7) is 2.64. The molecular weight excluding hydrogens is 370 g/mol. The monoisotopic (exact) mass is 393 g/mol. The lowest BCUT2D eigenvalue weighted by molar-refractivity contribution is 0.0694. The van der Waals surface area contributed by atoms with Crippen molar-refractivity contribution in [2.75, 3.05) is 13.1 Å². The minimum atomic E-state index is -0.232. The van der Waals surface area contributed by atoms with Crippen molar-refractivity contribution < 1.29 is 4.79 Å². The first kappa shape index (κ1) is 17.6. The van der Waals surface area contributed by atoms with Crippen molar-refractivity contribution in [1.29, 1.82) is 0 Å². The molecule has 1 unspecified atom stereocenters. The molecule has 28 heavy (non-hydrogen) atoms. The Labute approximate surface area is 167 Å². The van der Waals surface area contributed by atoms with Crippen LogP contribution >= 0.6 is 11.3 Å². The molecule has 1 amide bonds. The molecule has 1 saturated heterocycles. The van der Waals surface area contributed by atoms with Crippen LogP contribution in [0, 0.1) is 5.41 Å². The number of hydrogen-bond donors (Lipinski definition) is 2. The van der Waals surface area contributed by atoms with Gasteiger partial charge in [0.25, 0.3) is 5.91 Å². The van der Waals surface area contributed by atoms with Crippen LogP contribution in [0.5, 0.6) is 0 Å². The summed E-state index contributed by atoms with van der Waals surface area (Å²) in [5.74, 6) is -0.0334. The number of H-pyrrole nitrogens is 1. The van der Waals surface area contributed by atoms with Crippen LogP contribution in [0.15, 0.2) is 52.0 Å². The normalized spacial score (nSPS) is 20.4. The van der Waals surface area contributed by atoms with E-state index in [4.69, 9.17) is 0 Å². The quantitative estimate of drug-likeness (QED) is 0.714. The van der Waals surface area contributed by atoms with E-state index in [9.17, 15) is 9.59 Å². The summed E-state index contributed by atoms with van der Waals surface area (Å²) >= 11 is 1.65. The number of nitrogens with one attached hydrogen (secondary N) is 2. The van der Waals surface area contributed by atoms with Gasteiger partial charge in [-0.15, -0.1) is 0 Å². The second-order valence-electron chi connectivity index (χ2n) is 7.99. The Morgan fingerprint density at radius 3 is 2.82 bits per heavy atom. The lowest BCUT2D eigenvalue weighted by Gasteiger charge is -2.30. The number of nitrogens with zero attached hydrogens (tertiary/aromatic N) is 1. The zero-order valence-corrected chi connectivity index (χ0v) is 16.4. The Balaban J connectivity index is 1.54. The number of aromatic nitrogens is 1. The highest BCUT2D eigenvalue weighted by Crippen LogP contribution is 2.56. The van der Waals surface area contributed by atoms with Gasteiger partial charge in [0.15, 0.2) is 0 Å². The van der Waals surface area contributed by atoms with Crippen molar-refractivity contribution >= 4 is 28.1 Å². The average Bonchev–Trinajstić information content (AvgIpc) is 3.13. The molecule has 1 aliphatic heterocycles. The van der Waals surface area contributed by atoms with Gasteiger partial charge in [0.2, 0.25) is 5.56 Å². The molecule has 5 rings (SSSR count). The van der Waals surface area contributed by atoms with Gasteiger partial charge in [0.1, 0.15) is 0 Å². The van der Waals surface area contributed by atoms with E-state index < -0.39 is 0 Å². The second-order valence-corrected chi connectivity index (χ2v) is 8.77. The summed E-state index contributed by atoms with van der Waals surface area (Å²) in [5.41, 5.74) is 2.38. The Morgan fingerprint density at radius 2 is 2.04 bits per heavy atom. The third-order valence-electron chi connectivity index (χ3n) is 6.30. The predicted octanol–water partition coefficient (Wildman–Crippen LogP) is 3.37. The highest BCUT2D eigenvalue weighted by Gasteiger charge is 2.57. The van der Waals surface area contributed by atoms with Gasteiger partial charge in [-0.3, -0.25) is 9.59 Å². The highest BCUT2D eigenvalue weighted by atomic mass is 32.1. The number of rotatable bonds is 4. The van der Waals surface area contributed by atoms with Crippen molar-refractivity contribution in [1.82, 2.24) is 15.2 Å². The van der Waals surface area contributed by atoms with Crippen LogP contribution in [0.1, 0.15) is 35.2 Å². The van der Waals surface area contributed by atoms with Gasteiger partial charge in [-0.1, -0.05) is 18.2 Å². The van der Waals surface area contributed by atoms with Crippen molar-refractivity contribution in [3.63, 3.8) is 0 Å².